The van der Waals surface area contributed by atoms with Crippen molar-refractivity contribution in [2.45, 2.75) is 0 Å². The van der Waals surface area contributed by atoms with Crippen LogP contribution in [0.5, 0.6) is 0 Å². The highest BCUT2D eigenvalue weighted by molar-refractivity contribution is 6.02. The van der Waals surface area contributed by atoms with Gasteiger partial charge in [-0.15, -0.1) is 5.11 Å². The average molecular weight is 279 g/mol. The third kappa shape index (κ3) is 2.51. The van der Waals surface area contributed by atoms with Crippen molar-refractivity contribution in [3.8, 4) is 11.1 Å². The number of fused-ring (bicyclic) bond motifs is 1. The molecule has 0 unspecified atom stereocenters. The van der Waals surface area contributed by atoms with Gasteiger partial charge in [0.05, 0.1) is 11.9 Å². The standard InChI is InChI=1S/C15H13N5O/c1-16-15(21)13-7-4-10-2-3-11(5-6-12(10)13)14-8-9-17-19-20-18-14/h2-9H,1H3,(H,16,21)(H,18,19). The van der Waals surface area contributed by atoms with Crippen LogP contribution >= 0.6 is 0 Å². The number of hydrogen-bond donors (Lipinski definition) is 2. The van der Waals surface area contributed by atoms with Gasteiger partial charge in [-0.25, -0.2) is 0 Å². The van der Waals surface area contributed by atoms with Crippen molar-refractivity contribution in [2.24, 2.45) is 15.4 Å². The van der Waals surface area contributed by atoms with Gasteiger partial charge < -0.3 is 5.32 Å². The molecular formula is C15H13N5O. The van der Waals surface area contributed by atoms with Crippen LogP contribution in [0.15, 0.2) is 57.9 Å². The number of nitrogens with zero attached hydrogens (tertiary/aromatic N) is 3. The van der Waals surface area contributed by atoms with E-state index in [9.17, 15) is 4.79 Å². The molecule has 0 atom stereocenters. The highest BCUT2D eigenvalue weighted by Gasteiger charge is 2.14. The Hall–Kier alpha value is -3.02. The second kappa shape index (κ2) is 5.54. The Morgan fingerprint density at radius 1 is 1.10 bits per heavy atom. The molecule has 1 aliphatic heterocycles. The fourth-order valence-corrected chi connectivity index (χ4v) is 2.18. The second-order valence-electron chi connectivity index (χ2n) is 4.45. The largest absolute Gasteiger partial charge is 0.355 e. The van der Waals surface area contributed by atoms with Gasteiger partial charge in [-0.3, -0.25) is 4.79 Å². The number of hydrogen-bond acceptors (Lipinski definition) is 5. The summed E-state index contributed by atoms with van der Waals surface area (Å²) >= 11 is 0. The van der Waals surface area contributed by atoms with E-state index in [1.165, 1.54) is 0 Å². The molecule has 2 N–H and O–H groups in total. The Balaban J connectivity index is 2.07. The van der Waals surface area contributed by atoms with Crippen LogP contribution in [0.2, 0.25) is 0 Å². The molecule has 0 saturated carbocycles. The van der Waals surface area contributed by atoms with Crippen LogP contribution < -0.4 is 10.9 Å². The Morgan fingerprint density at radius 3 is 2.71 bits per heavy atom. The van der Waals surface area contributed by atoms with Crippen LogP contribution in [0.1, 0.15) is 15.9 Å². The lowest BCUT2D eigenvalue weighted by Gasteiger charge is -1.99. The predicted octanol–water partition coefficient (Wildman–Crippen LogP) is 2.45. The molecule has 0 fully saturated rings. The van der Waals surface area contributed by atoms with Crippen molar-refractivity contribution in [3.05, 3.63) is 53.6 Å². The Bertz CT molecular complexity index is 748. The molecule has 0 aromatic heterocycles. The summed E-state index contributed by atoms with van der Waals surface area (Å²) in [6, 6.07) is 11.5. The van der Waals surface area contributed by atoms with Gasteiger partial charge in [0.2, 0.25) is 0 Å². The zero-order valence-corrected chi connectivity index (χ0v) is 11.4. The van der Waals surface area contributed by atoms with E-state index in [-0.39, 0.29) is 5.91 Å². The Morgan fingerprint density at radius 2 is 1.86 bits per heavy atom. The molecule has 1 amide bonds. The Labute approximate surface area is 121 Å². The van der Waals surface area contributed by atoms with Crippen molar-refractivity contribution in [1.82, 2.24) is 10.9 Å². The first kappa shape index (κ1) is 13.0. The lowest BCUT2D eigenvalue weighted by Crippen LogP contribution is -2.17. The molecule has 0 spiro atoms. The molecule has 0 aromatic rings. The number of hydrazone groups is 1. The maximum atomic E-state index is 11.8. The van der Waals surface area contributed by atoms with Crippen LogP contribution in [0.3, 0.4) is 0 Å². The molecule has 6 nitrogen and oxygen atoms in total. The SMILES string of the molecule is CNC(=O)c1ccc2ccc(C3=CC=NNN=N3)ccc1-2. The number of allylic oxidation sites excluding steroid dienone is 1. The average Bonchev–Trinajstić information content (AvgIpc) is 2.71. The summed E-state index contributed by atoms with van der Waals surface area (Å²) in [5.41, 5.74) is 6.59. The molecule has 3 aliphatic rings. The maximum absolute atomic E-state index is 11.8. The minimum absolute atomic E-state index is 0.0950. The van der Waals surface area contributed by atoms with E-state index in [4.69, 9.17) is 0 Å². The van der Waals surface area contributed by atoms with Crippen molar-refractivity contribution in [2.75, 3.05) is 7.05 Å². The molecule has 0 bridgehead atoms. The first-order valence-corrected chi connectivity index (χ1v) is 6.44. The summed E-state index contributed by atoms with van der Waals surface area (Å²) in [7, 11) is 1.62. The second-order valence-corrected chi connectivity index (χ2v) is 4.45. The fourth-order valence-electron chi connectivity index (χ4n) is 2.18. The number of carbonyl (C=O) groups is 1. The molecule has 0 aromatic carbocycles. The zero-order valence-electron chi connectivity index (χ0n) is 11.4. The van der Waals surface area contributed by atoms with Crippen LogP contribution in [0.4, 0.5) is 0 Å². The molecular weight excluding hydrogens is 266 g/mol. The van der Waals surface area contributed by atoms with Crippen LogP contribution in [0.25, 0.3) is 16.8 Å². The van der Waals surface area contributed by atoms with Gasteiger partial charge >= 0.3 is 0 Å². The third-order valence-corrected chi connectivity index (χ3v) is 3.24. The van der Waals surface area contributed by atoms with Crippen molar-refractivity contribution >= 4 is 17.8 Å². The Kier molecular flexibility index (Phi) is 3.42. The number of carbonyl (C=O) groups excluding carboxylic acids is 1. The number of amides is 1. The van der Waals surface area contributed by atoms with Crippen molar-refractivity contribution < 1.29 is 4.79 Å². The van der Waals surface area contributed by atoms with E-state index in [2.05, 4.69) is 26.3 Å². The first-order chi connectivity index (χ1) is 10.3. The molecule has 3 rings (SSSR count). The monoisotopic (exact) mass is 279 g/mol. The van der Waals surface area contributed by atoms with Gasteiger partial charge in [0.1, 0.15) is 0 Å². The van der Waals surface area contributed by atoms with Crippen LogP contribution in [-0.4, -0.2) is 19.2 Å². The minimum Gasteiger partial charge on any atom is -0.355 e. The van der Waals surface area contributed by atoms with Gasteiger partial charge in [0, 0.05) is 18.2 Å². The van der Waals surface area contributed by atoms with Gasteiger partial charge in [-0.2, -0.15) is 10.6 Å². The normalized spacial score (nSPS) is 13.5. The van der Waals surface area contributed by atoms with E-state index in [1.807, 2.05) is 36.4 Å². The quantitative estimate of drug-likeness (QED) is 0.885. The smallest absolute Gasteiger partial charge is 0.251 e. The van der Waals surface area contributed by atoms with E-state index in [0.717, 1.165) is 16.7 Å². The van der Waals surface area contributed by atoms with E-state index < -0.39 is 0 Å². The number of rotatable bonds is 2. The van der Waals surface area contributed by atoms with Gasteiger partial charge in [-0.05, 0) is 23.3 Å². The topological polar surface area (TPSA) is 78.2 Å². The van der Waals surface area contributed by atoms with Gasteiger partial charge in [-0.1, -0.05) is 35.6 Å². The first-order valence-electron chi connectivity index (χ1n) is 6.44. The van der Waals surface area contributed by atoms with E-state index in [1.54, 1.807) is 19.3 Å². The molecule has 0 radical (unpaired) electrons. The predicted molar refractivity (Wildman–Crippen MR) is 80.9 cm³/mol. The molecule has 104 valence electrons. The maximum Gasteiger partial charge on any atom is 0.251 e. The summed E-state index contributed by atoms with van der Waals surface area (Å²) in [4.78, 5) is 11.8. The molecule has 1 heterocycles. The highest BCUT2D eigenvalue weighted by Crippen LogP contribution is 2.29. The molecule has 21 heavy (non-hydrogen) atoms. The molecule has 2 aliphatic carbocycles. The van der Waals surface area contributed by atoms with Crippen molar-refractivity contribution in [1.29, 1.82) is 0 Å². The lowest BCUT2D eigenvalue weighted by atomic mass is 10.1. The minimum atomic E-state index is -0.0950. The fraction of sp³-hybridized carbons (Fsp3) is 0.0667. The van der Waals surface area contributed by atoms with Crippen LogP contribution in [-0.2, 0) is 0 Å². The molecule has 0 saturated heterocycles. The van der Waals surface area contributed by atoms with Gasteiger partial charge in [0.25, 0.3) is 5.91 Å². The lowest BCUT2D eigenvalue weighted by molar-refractivity contribution is 0.0964. The number of nitrogens with one attached hydrogen (secondary N) is 2. The van der Waals surface area contributed by atoms with E-state index in [0.29, 0.717) is 11.3 Å². The molecule has 6 heteroatoms. The van der Waals surface area contributed by atoms with Gasteiger partial charge in [0.15, 0.2) is 0 Å². The third-order valence-electron chi connectivity index (χ3n) is 3.24. The summed E-state index contributed by atoms with van der Waals surface area (Å²) in [5, 5.41) is 14.2. The summed E-state index contributed by atoms with van der Waals surface area (Å²) < 4.78 is 0. The summed E-state index contributed by atoms with van der Waals surface area (Å²) in [6.45, 7) is 0. The van der Waals surface area contributed by atoms with Crippen LogP contribution in [0, 0.1) is 0 Å². The highest BCUT2D eigenvalue weighted by atomic mass is 16.1. The van der Waals surface area contributed by atoms with Crippen molar-refractivity contribution in [3.63, 3.8) is 0 Å². The zero-order chi connectivity index (χ0) is 14.7. The summed E-state index contributed by atoms with van der Waals surface area (Å²) in [5.74, 6) is -0.0950. The van der Waals surface area contributed by atoms with E-state index >= 15 is 0 Å². The summed E-state index contributed by atoms with van der Waals surface area (Å²) in [6.07, 6.45) is 3.36.